The van der Waals surface area contributed by atoms with Gasteiger partial charge in [-0.1, -0.05) is 66.0 Å². The van der Waals surface area contributed by atoms with Gasteiger partial charge in [-0.15, -0.1) is 0 Å². The molecule has 1 saturated carbocycles. The van der Waals surface area contributed by atoms with Gasteiger partial charge >= 0.3 is 0 Å². The van der Waals surface area contributed by atoms with Crippen LogP contribution in [-0.4, -0.2) is 12.4 Å². The molecule has 0 spiro atoms. The first kappa shape index (κ1) is 19.3. The van der Waals surface area contributed by atoms with Crippen LogP contribution < -0.4 is 4.74 Å². The summed E-state index contributed by atoms with van der Waals surface area (Å²) in [5, 5.41) is 0. The van der Waals surface area contributed by atoms with Crippen molar-refractivity contribution in [1.29, 1.82) is 0 Å². The van der Waals surface area contributed by atoms with E-state index >= 15 is 0 Å². The summed E-state index contributed by atoms with van der Waals surface area (Å²) in [5.74, 6) is 1.51. The lowest BCUT2D eigenvalue weighted by molar-refractivity contribution is -0.142. The highest BCUT2D eigenvalue weighted by molar-refractivity contribution is 5.30. The third kappa shape index (κ3) is 6.47. The first-order valence-corrected chi connectivity index (χ1v) is 9.79. The summed E-state index contributed by atoms with van der Waals surface area (Å²) >= 11 is 0. The smallest absolute Gasteiger partial charge is 0.200 e. The minimum Gasteiger partial charge on any atom is -0.465 e. The van der Waals surface area contributed by atoms with Crippen molar-refractivity contribution in [3.8, 4) is 5.75 Å². The van der Waals surface area contributed by atoms with Crippen molar-refractivity contribution in [2.24, 2.45) is 5.41 Å². The van der Waals surface area contributed by atoms with E-state index in [-0.39, 0.29) is 11.7 Å². The molecule has 1 aliphatic rings. The van der Waals surface area contributed by atoms with Crippen LogP contribution in [0.3, 0.4) is 0 Å². The molecule has 0 heterocycles. The van der Waals surface area contributed by atoms with Gasteiger partial charge in [0.15, 0.2) is 0 Å². The van der Waals surface area contributed by atoms with Crippen molar-refractivity contribution in [3.05, 3.63) is 29.8 Å². The number of hydrogen-bond donors (Lipinski definition) is 0. The Kier molecular flexibility index (Phi) is 7.16. The minimum absolute atomic E-state index is 0.153. The van der Waals surface area contributed by atoms with Crippen molar-refractivity contribution in [1.82, 2.24) is 0 Å². The molecule has 0 N–H and O–H groups in total. The second kappa shape index (κ2) is 8.89. The number of ether oxygens (including phenoxy) is 2. The van der Waals surface area contributed by atoms with Gasteiger partial charge in [0.05, 0.1) is 6.10 Å². The third-order valence-corrected chi connectivity index (χ3v) is 4.98. The molecule has 2 nitrogen and oxygen atoms in total. The molecule has 2 heteroatoms. The van der Waals surface area contributed by atoms with Crippen molar-refractivity contribution in [3.63, 3.8) is 0 Å². The third-order valence-electron chi connectivity index (χ3n) is 4.98. The van der Waals surface area contributed by atoms with Gasteiger partial charge in [0.1, 0.15) is 5.75 Å². The van der Waals surface area contributed by atoms with Gasteiger partial charge < -0.3 is 9.47 Å². The molecule has 136 valence electrons. The van der Waals surface area contributed by atoms with Crippen molar-refractivity contribution >= 4 is 0 Å². The van der Waals surface area contributed by atoms with Gasteiger partial charge in [0, 0.05) is 6.42 Å². The Balaban J connectivity index is 2.06. The first-order chi connectivity index (χ1) is 11.4. The molecular weight excluding hydrogens is 296 g/mol. The van der Waals surface area contributed by atoms with E-state index < -0.39 is 0 Å². The monoisotopic (exact) mass is 332 g/mol. The van der Waals surface area contributed by atoms with Gasteiger partial charge in [-0.25, -0.2) is 0 Å². The molecule has 0 aliphatic heterocycles. The molecule has 1 aliphatic carbocycles. The van der Waals surface area contributed by atoms with Gasteiger partial charge in [0.25, 0.3) is 0 Å². The molecule has 0 aromatic heterocycles. The van der Waals surface area contributed by atoms with Crippen LogP contribution in [-0.2, 0) is 4.74 Å². The van der Waals surface area contributed by atoms with E-state index in [9.17, 15) is 0 Å². The van der Waals surface area contributed by atoms with Gasteiger partial charge in [-0.2, -0.15) is 0 Å². The molecule has 1 aromatic carbocycles. The maximum atomic E-state index is 6.38. The molecule has 2 rings (SSSR count). The van der Waals surface area contributed by atoms with Crippen LogP contribution >= 0.6 is 0 Å². The summed E-state index contributed by atoms with van der Waals surface area (Å²) in [6.45, 7) is 11.3. The van der Waals surface area contributed by atoms with Crippen molar-refractivity contribution in [2.45, 2.75) is 97.9 Å². The minimum atomic E-state index is -0.153. The highest BCUT2D eigenvalue weighted by atomic mass is 16.7. The SMILES string of the molecule is CCC(C)c1cccc(OC(CC(C)(C)C)OC2CCCCC2)c1. The summed E-state index contributed by atoms with van der Waals surface area (Å²) in [6, 6.07) is 8.55. The van der Waals surface area contributed by atoms with E-state index in [2.05, 4.69) is 58.9 Å². The lowest BCUT2D eigenvalue weighted by Crippen LogP contribution is -2.32. The van der Waals surface area contributed by atoms with Crippen LogP contribution in [0.4, 0.5) is 0 Å². The summed E-state index contributed by atoms with van der Waals surface area (Å²) in [4.78, 5) is 0. The molecule has 0 radical (unpaired) electrons. The zero-order valence-electron chi connectivity index (χ0n) is 16.3. The van der Waals surface area contributed by atoms with Crippen molar-refractivity contribution in [2.75, 3.05) is 0 Å². The van der Waals surface area contributed by atoms with Crippen LogP contribution in [0.1, 0.15) is 91.0 Å². The number of benzene rings is 1. The zero-order valence-corrected chi connectivity index (χ0v) is 16.3. The Bertz CT molecular complexity index is 483. The van der Waals surface area contributed by atoms with Crippen LogP contribution in [0.2, 0.25) is 0 Å². The molecule has 2 atom stereocenters. The summed E-state index contributed by atoms with van der Waals surface area (Å²) in [5.41, 5.74) is 1.54. The Hall–Kier alpha value is -1.02. The average molecular weight is 333 g/mol. The number of rotatable bonds is 7. The van der Waals surface area contributed by atoms with E-state index in [1.807, 2.05) is 0 Å². The maximum absolute atomic E-state index is 6.38. The highest BCUT2D eigenvalue weighted by Crippen LogP contribution is 2.30. The average Bonchev–Trinajstić information content (AvgIpc) is 2.53. The molecule has 0 bridgehead atoms. The second-order valence-corrected chi connectivity index (χ2v) is 8.59. The number of hydrogen-bond acceptors (Lipinski definition) is 2. The van der Waals surface area contributed by atoms with E-state index in [0.717, 1.165) is 18.6 Å². The van der Waals surface area contributed by atoms with E-state index in [0.29, 0.717) is 12.0 Å². The van der Waals surface area contributed by atoms with Gasteiger partial charge in [-0.3, -0.25) is 0 Å². The van der Waals surface area contributed by atoms with Gasteiger partial charge in [0.2, 0.25) is 6.29 Å². The molecule has 0 amide bonds. The van der Waals surface area contributed by atoms with E-state index in [1.54, 1.807) is 0 Å². The molecule has 1 aromatic rings. The predicted octanol–water partition coefficient (Wildman–Crippen LogP) is 6.69. The van der Waals surface area contributed by atoms with Crippen LogP contribution in [0.5, 0.6) is 5.75 Å². The second-order valence-electron chi connectivity index (χ2n) is 8.59. The topological polar surface area (TPSA) is 18.5 Å². The lowest BCUT2D eigenvalue weighted by Gasteiger charge is -2.31. The molecule has 1 fully saturated rings. The Labute approximate surface area is 148 Å². The fourth-order valence-corrected chi connectivity index (χ4v) is 3.32. The van der Waals surface area contributed by atoms with E-state index in [4.69, 9.17) is 9.47 Å². The summed E-state index contributed by atoms with van der Waals surface area (Å²) in [6.07, 6.45) is 8.55. The van der Waals surface area contributed by atoms with E-state index in [1.165, 1.54) is 37.7 Å². The van der Waals surface area contributed by atoms with Gasteiger partial charge in [-0.05, 0) is 48.3 Å². The fraction of sp³-hybridized carbons (Fsp3) is 0.727. The molecule has 0 saturated heterocycles. The van der Waals surface area contributed by atoms with Crippen molar-refractivity contribution < 1.29 is 9.47 Å². The molecular formula is C22H36O2. The largest absolute Gasteiger partial charge is 0.465 e. The summed E-state index contributed by atoms with van der Waals surface area (Å²) in [7, 11) is 0. The lowest BCUT2D eigenvalue weighted by atomic mass is 9.91. The Morgan fingerprint density at radius 1 is 1.12 bits per heavy atom. The zero-order chi connectivity index (χ0) is 17.6. The Morgan fingerprint density at radius 3 is 2.46 bits per heavy atom. The quantitative estimate of drug-likeness (QED) is 0.518. The standard InChI is InChI=1S/C22H36O2/c1-6-17(2)18-11-10-14-20(15-18)24-21(16-22(3,4)5)23-19-12-8-7-9-13-19/h10-11,14-15,17,19,21H,6-9,12-13,16H2,1-5H3. The first-order valence-electron chi connectivity index (χ1n) is 9.79. The van der Waals surface area contributed by atoms with Crippen LogP contribution in [0.25, 0.3) is 0 Å². The molecule has 2 unspecified atom stereocenters. The maximum Gasteiger partial charge on any atom is 0.200 e. The van der Waals surface area contributed by atoms with Crippen LogP contribution in [0.15, 0.2) is 24.3 Å². The summed E-state index contributed by atoms with van der Waals surface area (Å²) < 4.78 is 12.7. The fourth-order valence-electron chi connectivity index (χ4n) is 3.32. The Morgan fingerprint density at radius 2 is 1.83 bits per heavy atom. The normalized spacial score (nSPS) is 19.0. The van der Waals surface area contributed by atoms with Crippen LogP contribution in [0, 0.1) is 5.41 Å². The molecule has 24 heavy (non-hydrogen) atoms. The highest BCUT2D eigenvalue weighted by Gasteiger charge is 2.25. The predicted molar refractivity (Wildman–Crippen MR) is 102 cm³/mol.